The van der Waals surface area contributed by atoms with Crippen molar-refractivity contribution in [2.24, 2.45) is 5.18 Å². The van der Waals surface area contributed by atoms with Gasteiger partial charge in [-0.3, -0.25) is 0 Å². The molecule has 0 spiro atoms. The van der Waals surface area contributed by atoms with E-state index in [4.69, 9.17) is 5.41 Å². The number of hydrogen-bond acceptors (Lipinski definition) is 3. The van der Waals surface area contributed by atoms with Crippen molar-refractivity contribution in [2.45, 2.75) is 6.92 Å². The molecule has 0 saturated carbocycles. The molecule has 0 rings (SSSR count). The standard InChI is InChI=1S/C3H6N2O/c1-3(4)2-5-6/h4H,2H2,1H3. The normalized spacial score (nSPS) is 7.50. The van der Waals surface area contributed by atoms with Gasteiger partial charge in [0, 0.05) is 5.71 Å². The molecular formula is C3H6N2O. The van der Waals surface area contributed by atoms with Crippen molar-refractivity contribution in [3.63, 3.8) is 0 Å². The second-order valence-corrected chi connectivity index (χ2v) is 1.07. The van der Waals surface area contributed by atoms with E-state index in [1.54, 1.807) is 6.92 Å². The summed E-state index contributed by atoms with van der Waals surface area (Å²) in [6.45, 7) is 1.57. The van der Waals surface area contributed by atoms with Gasteiger partial charge in [-0.1, -0.05) is 5.18 Å². The third kappa shape index (κ3) is 3.27. The SMILES string of the molecule is CC(=N)CN=O. The van der Waals surface area contributed by atoms with Crippen molar-refractivity contribution in [3.05, 3.63) is 4.91 Å². The van der Waals surface area contributed by atoms with Gasteiger partial charge < -0.3 is 5.41 Å². The molecule has 0 radical (unpaired) electrons. The van der Waals surface area contributed by atoms with Crippen LogP contribution >= 0.6 is 0 Å². The summed E-state index contributed by atoms with van der Waals surface area (Å²) in [6, 6.07) is 0. The van der Waals surface area contributed by atoms with Crippen LogP contribution in [0.3, 0.4) is 0 Å². The molecule has 0 unspecified atom stereocenters. The maximum Gasteiger partial charge on any atom is 0.118 e. The zero-order valence-corrected chi connectivity index (χ0v) is 3.56. The molecule has 0 aliphatic heterocycles. The Balaban J connectivity index is 3.05. The Morgan fingerprint density at radius 1 is 2.00 bits per heavy atom. The van der Waals surface area contributed by atoms with E-state index in [-0.39, 0.29) is 6.54 Å². The van der Waals surface area contributed by atoms with Crippen molar-refractivity contribution in [3.8, 4) is 0 Å². The predicted molar refractivity (Wildman–Crippen MR) is 24.1 cm³/mol. The van der Waals surface area contributed by atoms with Crippen LogP contribution in [-0.2, 0) is 0 Å². The average molecular weight is 86.1 g/mol. The van der Waals surface area contributed by atoms with Gasteiger partial charge in [0.25, 0.3) is 0 Å². The van der Waals surface area contributed by atoms with Crippen LogP contribution in [0.4, 0.5) is 0 Å². The van der Waals surface area contributed by atoms with E-state index < -0.39 is 0 Å². The molecule has 0 amide bonds. The molecule has 0 bridgehead atoms. The molecule has 3 heteroatoms. The van der Waals surface area contributed by atoms with Crippen LogP contribution in [0.1, 0.15) is 6.92 Å². The lowest BCUT2D eigenvalue weighted by molar-refractivity contribution is 1.23. The molecule has 3 nitrogen and oxygen atoms in total. The molecule has 0 heterocycles. The molecule has 0 fully saturated rings. The fourth-order valence-corrected chi connectivity index (χ4v) is 0.0968. The fraction of sp³-hybridized carbons (Fsp3) is 0.667. The van der Waals surface area contributed by atoms with E-state index in [9.17, 15) is 4.91 Å². The number of rotatable bonds is 2. The molecule has 0 aromatic heterocycles. The molecule has 1 N–H and O–H groups in total. The summed E-state index contributed by atoms with van der Waals surface area (Å²) in [5.41, 5.74) is 0.310. The Morgan fingerprint density at radius 3 is 2.50 bits per heavy atom. The second kappa shape index (κ2) is 2.50. The Bertz CT molecular complexity index is 69.2. The molecule has 0 aliphatic carbocycles. The highest BCUT2D eigenvalue weighted by atomic mass is 16.3. The van der Waals surface area contributed by atoms with Gasteiger partial charge in [-0.15, -0.1) is 0 Å². The van der Waals surface area contributed by atoms with Crippen LogP contribution in [0.2, 0.25) is 0 Å². The number of nitrogens with zero attached hydrogens (tertiary/aromatic N) is 1. The van der Waals surface area contributed by atoms with Crippen molar-refractivity contribution in [1.82, 2.24) is 0 Å². The Hall–Kier alpha value is -0.730. The summed E-state index contributed by atoms with van der Waals surface area (Å²) in [5.74, 6) is 0. The Morgan fingerprint density at radius 2 is 2.50 bits per heavy atom. The number of nitroso groups, excluding NO2 is 1. The Labute approximate surface area is 35.8 Å². The maximum absolute atomic E-state index is 9.22. The first kappa shape index (κ1) is 5.27. The van der Waals surface area contributed by atoms with Crippen LogP contribution < -0.4 is 0 Å². The maximum atomic E-state index is 9.22. The largest absolute Gasteiger partial charge is 0.308 e. The van der Waals surface area contributed by atoms with E-state index in [0.29, 0.717) is 5.71 Å². The first-order valence-corrected chi connectivity index (χ1v) is 1.60. The lowest BCUT2D eigenvalue weighted by Gasteiger charge is -1.76. The van der Waals surface area contributed by atoms with Gasteiger partial charge in [-0.2, -0.15) is 4.91 Å². The number of hydrogen-bond donors (Lipinski definition) is 1. The quantitative estimate of drug-likeness (QED) is 0.392. The fourth-order valence-electron chi connectivity index (χ4n) is 0.0968. The van der Waals surface area contributed by atoms with E-state index in [2.05, 4.69) is 5.18 Å². The highest BCUT2D eigenvalue weighted by molar-refractivity contribution is 5.80. The molecule has 0 aromatic rings. The van der Waals surface area contributed by atoms with Crippen LogP contribution in [0, 0.1) is 10.3 Å². The lowest BCUT2D eigenvalue weighted by atomic mass is 10.4. The lowest BCUT2D eigenvalue weighted by Crippen LogP contribution is -1.89. The Kier molecular flexibility index (Phi) is 2.20. The molecule has 0 aromatic carbocycles. The van der Waals surface area contributed by atoms with Gasteiger partial charge in [0.15, 0.2) is 0 Å². The van der Waals surface area contributed by atoms with Crippen LogP contribution in [0.15, 0.2) is 5.18 Å². The van der Waals surface area contributed by atoms with Gasteiger partial charge in [0.1, 0.15) is 6.54 Å². The molecule has 0 aliphatic rings. The minimum absolute atomic E-state index is 0.0278. The second-order valence-electron chi connectivity index (χ2n) is 1.07. The minimum Gasteiger partial charge on any atom is -0.308 e. The first-order valence-electron chi connectivity index (χ1n) is 1.60. The zero-order valence-electron chi connectivity index (χ0n) is 3.56. The molecule has 34 valence electrons. The smallest absolute Gasteiger partial charge is 0.118 e. The van der Waals surface area contributed by atoms with Gasteiger partial charge in [-0.05, 0) is 6.92 Å². The van der Waals surface area contributed by atoms with E-state index >= 15 is 0 Å². The van der Waals surface area contributed by atoms with Crippen molar-refractivity contribution in [2.75, 3.05) is 6.54 Å². The third-order valence-electron chi connectivity index (χ3n) is 0.302. The van der Waals surface area contributed by atoms with Gasteiger partial charge >= 0.3 is 0 Å². The number of nitrogens with one attached hydrogen (secondary N) is 1. The summed E-state index contributed by atoms with van der Waals surface area (Å²) in [6.07, 6.45) is 0. The highest BCUT2D eigenvalue weighted by Crippen LogP contribution is 1.67. The van der Waals surface area contributed by atoms with Crippen LogP contribution in [-0.4, -0.2) is 12.3 Å². The van der Waals surface area contributed by atoms with E-state index in [1.165, 1.54) is 0 Å². The summed E-state index contributed by atoms with van der Waals surface area (Å²) >= 11 is 0. The van der Waals surface area contributed by atoms with Crippen LogP contribution in [0.5, 0.6) is 0 Å². The predicted octanol–water partition coefficient (Wildman–Crippen LogP) is 0.792. The summed E-state index contributed by atoms with van der Waals surface area (Å²) < 4.78 is 0. The van der Waals surface area contributed by atoms with E-state index in [1.807, 2.05) is 0 Å². The summed E-state index contributed by atoms with van der Waals surface area (Å²) in [7, 11) is 0. The van der Waals surface area contributed by atoms with Gasteiger partial charge in [-0.25, -0.2) is 0 Å². The van der Waals surface area contributed by atoms with E-state index in [0.717, 1.165) is 0 Å². The third-order valence-corrected chi connectivity index (χ3v) is 0.302. The summed E-state index contributed by atoms with van der Waals surface area (Å²) in [4.78, 5) is 9.22. The molecule has 0 atom stereocenters. The zero-order chi connectivity index (χ0) is 4.99. The molecule has 6 heavy (non-hydrogen) atoms. The summed E-state index contributed by atoms with van der Waals surface area (Å²) in [5, 5.41) is 9.06. The van der Waals surface area contributed by atoms with Gasteiger partial charge in [0.05, 0.1) is 0 Å². The van der Waals surface area contributed by atoms with Gasteiger partial charge in [0.2, 0.25) is 0 Å². The first-order chi connectivity index (χ1) is 2.77. The molecular weight excluding hydrogens is 80.0 g/mol. The monoisotopic (exact) mass is 86.0 g/mol. The van der Waals surface area contributed by atoms with Crippen molar-refractivity contribution < 1.29 is 0 Å². The molecule has 0 saturated heterocycles. The minimum atomic E-state index is 0.0278. The average Bonchev–Trinajstić information content (AvgIpc) is 1.35. The topological polar surface area (TPSA) is 53.3 Å². The van der Waals surface area contributed by atoms with Crippen molar-refractivity contribution in [1.29, 1.82) is 5.41 Å². The van der Waals surface area contributed by atoms with Crippen molar-refractivity contribution >= 4 is 5.71 Å². The van der Waals surface area contributed by atoms with Crippen LogP contribution in [0.25, 0.3) is 0 Å². The highest BCUT2D eigenvalue weighted by Gasteiger charge is 1.79.